The number of ether oxygens (including phenoxy) is 1. The third kappa shape index (κ3) is 3.47. The number of nitrogens with one attached hydrogen (secondary N) is 1. The molecule has 0 spiro atoms. The Morgan fingerprint density at radius 2 is 2.25 bits per heavy atom. The van der Waals surface area contributed by atoms with Crippen LogP contribution < -0.4 is 10.1 Å². The molecule has 2 rings (SSSR count). The largest absolute Gasteiger partial charge is 0.473 e. The lowest BCUT2D eigenvalue weighted by Crippen LogP contribution is -2.09. The van der Waals surface area contributed by atoms with Gasteiger partial charge >= 0.3 is 5.88 Å². The number of furan rings is 1. The fourth-order valence-corrected chi connectivity index (χ4v) is 1.58. The van der Waals surface area contributed by atoms with Crippen LogP contribution >= 0.6 is 0 Å². The zero-order valence-electron chi connectivity index (χ0n) is 11.2. The maximum Gasteiger partial charge on any atom is 0.433 e. The van der Waals surface area contributed by atoms with Crippen molar-refractivity contribution in [3.05, 3.63) is 46.3 Å². The van der Waals surface area contributed by atoms with E-state index in [1.54, 1.807) is 18.3 Å². The average molecular weight is 277 g/mol. The predicted molar refractivity (Wildman–Crippen MR) is 72.7 cm³/mol. The van der Waals surface area contributed by atoms with Gasteiger partial charge in [0, 0.05) is 6.20 Å². The van der Waals surface area contributed by atoms with Crippen molar-refractivity contribution < 1.29 is 14.1 Å². The second-order valence-electron chi connectivity index (χ2n) is 4.37. The van der Waals surface area contributed by atoms with E-state index < -0.39 is 4.92 Å². The van der Waals surface area contributed by atoms with Crippen molar-refractivity contribution in [3.63, 3.8) is 0 Å². The second-order valence-corrected chi connectivity index (χ2v) is 4.37. The molecule has 7 heteroatoms. The monoisotopic (exact) mass is 277 g/mol. The van der Waals surface area contributed by atoms with Crippen molar-refractivity contribution in [3.8, 4) is 5.88 Å². The van der Waals surface area contributed by atoms with E-state index in [-0.39, 0.29) is 12.0 Å². The normalized spacial score (nSPS) is 10.6. The minimum Gasteiger partial charge on any atom is -0.473 e. The molecule has 0 aliphatic heterocycles. The van der Waals surface area contributed by atoms with Gasteiger partial charge in [-0.25, -0.2) is 4.98 Å². The zero-order chi connectivity index (χ0) is 14.5. The molecule has 0 saturated heterocycles. The molecule has 0 radical (unpaired) electrons. The quantitative estimate of drug-likeness (QED) is 0.644. The number of rotatable bonds is 6. The molecule has 2 aromatic rings. The lowest BCUT2D eigenvalue weighted by Gasteiger charge is -2.13. The SMILES string of the molecule is CC(C)Oc1ncccc1NCc1ccc([N+](=O)[O-])o1. The predicted octanol–water partition coefficient (Wildman–Crippen LogP) is 2.98. The minimum atomic E-state index is -0.569. The number of pyridine rings is 1. The Bertz CT molecular complexity index is 595. The first-order valence-corrected chi connectivity index (χ1v) is 6.15. The van der Waals surface area contributed by atoms with E-state index in [9.17, 15) is 10.1 Å². The Morgan fingerprint density at radius 1 is 1.45 bits per heavy atom. The minimum absolute atomic E-state index is 0.00940. The number of hydrogen-bond acceptors (Lipinski definition) is 6. The van der Waals surface area contributed by atoms with Gasteiger partial charge < -0.3 is 14.5 Å². The molecule has 0 atom stereocenters. The van der Waals surface area contributed by atoms with Gasteiger partial charge in [0.05, 0.1) is 24.4 Å². The summed E-state index contributed by atoms with van der Waals surface area (Å²) in [5.74, 6) is 0.686. The highest BCUT2D eigenvalue weighted by Gasteiger charge is 2.12. The highest BCUT2D eigenvalue weighted by Crippen LogP contribution is 2.23. The lowest BCUT2D eigenvalue weighted by atomic mass is 10.3. The highest BCUT2D eigenvalue weighted by atomic mass is 16.6. The summed E-state index contributed by atoms with van der Waals surface area (Å²) in [5, 5.41) is 13.6. The third-order valence-electron chi connectivity index (χ3n) is 2.40. The Kier molecular flexibility index (Phi) is 4.19. The molecular weight excluding hydrogens is 262 g/mol. The third-order valence-corrected chi connectivity index (χ3v) is 2.40. The van der Waals surface area contributed by atoms with Crippen LogP contribution in [0.5, 0.6) is 5.88 Å². The van der Waals surface area contributed by atoms with Crippen molar-refractivity contribution in [1.29, 1.82) is 0 Å². The lowest BCUT2D eigenvalue weighted by molar-refractivity contribution is -0.402. The summed E-state index contributed by atoms with van der Waals surface area (Å²) in [6.07, 6.45) is 1.65. The van der Waals surface area contributed by atoms with Crippen molar-refractivity contribution >= 4 is 11.6 Å². The van der Waals surface area contributed by atoms with Crippen LogP contribution in [0, 0.1) is 10.1 Å². The Labute approximate surface area is 115 Å². The number of hydrogen-bond donors (Lipinski definition) is 1. The molecule has 2 aromatic heterocycles. The molecular formula is C13H15N3O4. The van der Waals surface area contributed by atoms with Crippen LogP contribution in [0.3, 0.4) is 0 Å². The topological polar surface area (TPSA) is 90.4 Å². The molecule has 0 saturated carbocycles. The summed E-state index contributed by atoms with van der Waals surface area (Å²) in [7, 11) is 0. The summed E-state index contributed by atoms with van der Waals surface area (Å²) < 4.78 is 10.6. The summed E-state index contributed by atoms with van der Waals surface area (Å²) in [6, 6.07) is 6.48. The fourth-order valence-electron chi connectivity index (χ4n) is 1.58. The summed E-state index contributed by atoms with van der Waals surface area (Å²) in [6.45, 7) is 4.14. The van der Waals surface area contributed by atoms with E-state index >= 15 is 0 Å². The van der Waals surface area contributed by atoms with E-state index in [0.717, 1.165) is 0 Å². The zero-order valence-corrected chi connectivity index (χ0v) is 11.2. The van der Waals surface area contributed by atoms with Crippen molar-refractivity contribution in [2.24, 2.45) is 0 Å². The smallest absolute Gasteiger partial charge is 0.433 e. The first-order chi connectivity index (χ1) is 9.56. The van der Waals surface area contributed by atoms with Crippen molar-refractivity contribution in [2.75, 3.05) is 5.32 Å². The van der Waals surface area contributed by atoms with Gasteiger partial charge in [-0.05, 0) is 32.0 Å². The van der Waals surface area contributed by atoms with Gasteiger partial charge in [-0.15, -0.1) is 0 Å². The highest BCUT2D eigenvalue weighted by molar-refractivity contribution is 5.52. The van der Waals surface area contributed by atoms with Gasteiger partial charge in [0.15, 0.2) is 0 Å². The van der Waals surface area contributed by atoms with E-state index in [1.165, 1.54) is 6.07 Å². The molecule has 0 aliphatic rings. The molecule has 2 heterocycles. The maximum absolute atomic E-state index is 10.5. The average Bonchev–Trinajstić information content (AvgIpc) is 2.86. The van der Waals surface area contributed by atoms with Gasteiger partial charge in [-0.3, -0.25) is 10.1 Å². The molecule has 0 amide bonds. The maximum atomic E-state index is 10.5. The van der Waals surface area contributed by atoms with Gasteiger partial charge in [0.2, 0.25) is 5.88 Å². The van der Waals surface area contributed by atoms with Crippen LogP contribution in [0.4, 0.5) is 11.6 Å². The molecule has 1 N–H and O–H groups in total. The summed E-state index contributed by atoms with van der Waals surface area (Å²) >= 11 is 0. The van der Waals surface area contributed by atoms with Crippen LogP contribution in [-0.2, 0) is 6.54 Å². The van der Waals surface area contributed by atoms with Gasteiger partial charge in [-0.2, -0.15) is 0 Å². The van der Waals surface area contributed by atoms with Gasteiger partial charge in [0.25, 0.3) is 0 Å². The molecule has 20 heavy (non-hydrogen) atoms. The van der Waals surface area contributed by atoms with E-state index in [0.29, 0.717) is 23.9 Å². The van der Waals surface area contributed by atoms with Crippen LogP contribution in [0.2, 0.25) is 0 Å². The Balaban J connectivity index is 2.04. The van der Waals surface area contributed by atoms with Gasteiger partial charge in [0.1, 0.15) is 10.7 Å². The van der Waals surface area contributed by atoms with E-state index in [4.69, 9.17) is 9.15 Å². The molecule has 0 bridgehead atoms. The number of anilines is 1. The first-order valence-electron chi connectivity index (χ1n) is 6.15. The molecule has 0 unspecified atom stereocenters. The van der Waals surface area contributed by atoms with E-state index in [1.807, 2.05) is 19.9 Å². The molecule has 0 fully saturated rings. The summed E-state index contributed by atoms with van der Waals surface area (Å²) in [4.78, 5) is 14.1. The molecule has 0 aromatic carbocycles. The Hall–Kier alpha value is -2.57. The molecule has 7 nitrogen and oxygen atoms in total. The first kappa shape index (κ1) is 13.9. The molecule has 0 aliphatic carbocycles. The van der Waals surface area contributed by atoms with Crippen molar-refractivity contribution in [2.45, 2.75) is 26.5 Å². The van der Waals surface area contributed by atoms with Crippen LogP contribution in [-0.4, -0.2) is 16.0 Å². The van der Waals surface area contributed by atoms with Gasteiger partial charge in [-0.1, -0.05) is 0 Å². The number of nitro groups is 1. The standard InChI is InChI=1S/C13H15N3O4/c1-9(2)19-13-11(4-3-7-14-13)15-8-10-5-6-12(20-10)16(17)18/h3-7,9,15H,8H2,1-2H3. The summed E-state index contributed by atoms with van der Waals surface area (Å²) in [5.41, 5.74) is 0.709. The van der Waals surface area contributed by atoms with Crippen molar-refractivity contribution in [1.82, 2.24) is 4.98 Å². The van der Waals surface area contributed by atoms with Crippen LogP contribution in [0.15, 0.2) is 34.9 Å². The Morgan fingerprint density at radius 3 is 2.90 bits per heavy atom. The molecule has 106 valence electrons. The van der Waals surface area contributed by atoms with Crippen LogP contribution in [0.1, 0.15) is 19.6 Å². The fraction of sp³-hybridized carbons (Fsp3) is 0.308. The van der Waals surface area contributed by atoms with E-state index in [2.05, 4.69) is 10.3 Å². The number of aromatic nitrogens is 1. The van der Waals surface area contributed by atoms with Crippen LogP contribution in [0.25, 0.3) is 0 Å². The second kappa shape index (κ2) is 6.05. The number of nitrogens with zero attached hydrogens (tertiary/aromatic N) is 2.